The summed E-state index contributed by atoms with van der Waals surface area (Å²) in [6, 6.07) is 1.06. The molecule has 0 bridgehead atoms. The highest BCUT2D eigenvalue weighted by atomic mass is 35.5. The van der Waals surface area contributed by atoms with Crippen LogP contribution in [-0.4, -0.2) is 11.3 Å². The lowest BCUT2D eigenvalue weighted by Gasteiger charge is -2.03. The third-order valence-electron chi connectivity index (χ3n) is 1.33. The minimum absolute atomic E-state index is 0.0202. The molecule has 1 aromatic heterocycles. The number of carbonyl (C=O) groups is 1. The van der Waals surface area contributed by atoms with Crippen LogP contribution >= 0.6 is 23.2 Å². The van der Waals surface area contributed by atoms with Gasteiger partial charge in [0.05, 0.1) is 5.02 Å². The predicted molar refractivity (Wildman–Crippen MR) is 44.6 cm³/mol. The Morgan fingerprint density at radius 1 is 1.46 bits per heavy atom. The molecule has 0 aliphatic rings. The summed E-state index contributed by atoms with van der Waals surface area (Å²) in [5.74, 6) is 0. The maximum atomic E-state index is 12.2. The van der Waals surface area contributed by atoms with E-state index in [-0.39, 0.29) is 22.0 Å². The number of alkyl halides is 2. The minimum atomic E-state index is -2.84. The fraction of sp³-hybridized carbons (Fsp3) is 0.143. The summed E-state index contributed by atoms with van der Waals surface area (Å²) in [4.78, 5) is 13.6. The molecule has 0 spiro atoms. The van der Waals surface area contributed by atoms with E-state index in [1.54, 1.807) is 0 Å². The van der Waals surface area contributed by atoms with Gasteiger partial charge in [-0.3, -0.25) is 4.79 Å². The second-order valence-corrected chi connectivity index (χ2v) is 2.92. The molecule has 0 aliphatic heterocycles. The first-order valence-corrected chi connectivity index (χ1v) is 3.91. The Kier molecular flexibility index (Phi) is 3.17. The summed E-state index contributed by atoms with van der Waals surface area (Å²) in [5, 5.41) is -0.254. The molecule has 70 valence electrons. The molecule has 0 saturated heterocycles. The first-order chi connectivity index (χ1) is 6.06. The predicted octanol–water partition coefficient (Wildman–Crippen LogP) is 3.14. The molecular weight excluding hydrogens is 223 g/mol. The lowest BCUT2D eigenvalue weighted by Crippen LogP contribution is -1.98. The molecule has 0 N–H and O–H groups in total. The van der Waals surface area contributed by atoms with E-state index in [1.165, 1.54) is 0 Å². The Labute approximate surface area is 82.5 Å². The maximum absolute atomic E-state index is 12.2. The molecule has 0 fully saturated rings. The van der Waals surface area contributed by atoms with E-state index in [4.69, 9.17) is 23.2 Å². The van der Waals surface area contributed by atoms with Crippen LogP contribution in [0, 0.1) is 0 Å². The van der Waals surface area contributed by atoms with Gasteiger partial charge in [0, 0.05) is 5.56 Å². The van der Waals surface area contributed by atoms with Gasteiger partial charge in [0.1, 0.15) is 10.8 Å². The van der Waals surface area contributed by atoms with E-state index in [2.05, 4.69) is 4.98 Å². The zero-order valence-corrected chi connectivity index (χ0v) is 7.61. The fourth-order valence-corrected chi connectivity index (χ4v) is 1.07. The van der Waals surface area contributed by atoms with Crippen LogP contribution < -0.4 is 0 Å². The van der Waals surface area contributed by atoms with E-state index < -0.39 is 12.1 Å². The van der Waals surface area contributed by atoms with Gasteiger partial charge in [-0.2, -0.15) is 0 Å². The molecule has 0 amide bonds. The third-order valence-corrected chi connectivity index (χ3v) is 2.00. The van der Waals surface area contributed by atoms with Crippen molar-refractivity contribution in [1.82, 2.24) is 4.98 Å². The van der Waals surface area contributed by atoms with Gasteiger partial charge >= 0.3 is 0 Å². The Morgan fingerprint density at radius 3 is 2.54 bits per heavy atom. The molecule has 1 heterocycles. The Bertz CT molecular complexity index is 344. The van der Waals surface area contributed by atoms with Gasteiger partial charge in [-0.1, -0.05) is 23.2 Å². The van der Waals surface area contributed by atoms with Crippen molar-refractivity contribution < 1.29 is 13.6 Å². The molecular formula is C7H3Cl2F2NO. The SMILES string of the molecule is O=Cc1cc(Cl)c(Cl)nc1C(F)F. The summed E-state index contributed by atoms with van der Waals surface area (Å²) in [7, 11) is 0. The Morgan fingerprint density at radius 2 is 2.08 bits per heavy atom. The van der Waals surface area contributed by atoms with Gasteiger partial charge in [0.2, 0.25) is 0 Å². The van der Waals surface area contributed by atoms with Crippen LogP contribution in [0.4, 0.5) is 8.78 Å². The molecule has 13 heavy (non-hydrogen) atoms. The summed E-state index contributed by atoms with van der Waals surface area (Å²) in [5.41, 5.74) is -0.895. The topological polar surface area (TPSA) is 30.0 Å². The van der Waals surface area contributed by atoms with Crippen molar-refractivity contribution in [1.29, 1.82) is 0 Å². The molecule has 0 aromatic carbocycles. The molecule has 0 unspecified atom stereocenters. The van der Waals surface area contributed by atoms with Crippen LogP contribution in [0.3, 0.4) is 0 Å². The van der Waals surface area contributed by atoms with E-state index in [0.717, 1.165) is 6.07 Å². The second-order valence-electron chi connectivity index (χ2n) is 2.15. The van der Waals surface area contributed by atoms with E-state index >= 15 is 0 Å². The van der Waals surface area contributed by atoms with Crippen LogP contribution in [0.25, 0.3) is 0 Å². The number of aromatic nitrogens is 1. The summed E-state index contributed by atoms with van der Waals surface area (Å²) in [6.45, 7) is 0. The minimum Gasteiger partial charge on any atom is -0.298 e. The van der Waals surface area contributed by atoms with Crippen molar-refractivity contribution in [3.05, 3.63) is 27.5 Å². The smallest absolute Gasteiger partial charge is 0.281 e. The first kappa shape index (κ1) is 10.3. The molecule has 0 saturated carbocycles. The van der Waals surface area contributed by atoms with Gasteiger partial charge in [-0.15, -0.1) is 0 Å². The molecule has 1 aromatic rings. The van der Waals surface area contributed by atoms with Crippen molar-refractivity contribution in [3.8, 4) is 0 Å². The van der Waals surface area contributed by atoms with Crippen molar-refractivity contribution in [2.24, 2.45) is 0 Å². The average molecular weight is 226 g/mol. The molecule has 0 aliphatic carbocycles. The van der Waals surface area contributed by atoms with Gasteiger partial charge in [-0.25, -0.2) is 13.8 Å². The van der Waals surface area contributed by atoms with Crippen LogP contribution in [0.5, 0.6) is 0 Å². The van der Waals surface area contributed by atoms with Crippen molar-refractivity contribution in [2.45, 2.75) is 6.43 Å². The monoisotopic (exact) mass is 225 g/mol. The van der Waals surface area contributed by atoms with E-state index in [9.17, 15) is 13.6 Å². The highest BCUT2D eigenvalue weighted by Gasteiger charge is 2.16. The number of hydrogen-bond donors (Lipinski definition) is 0. The number of pyridine rings is 1. The van der Waals surface area contributed by atoms with Crippen LogP contribution in [0.15, 0.2) is 6.07 Å². The third kappa shape index (κ3) is 2.14. The summed E-state index contributed by atoms with van der Waals surface area (Å²) >= 11 is 10.9. The highest BCUT2D eigenvalue weighted by molar-refractivity contribution is 6.41. The number of nitrogens with zero attached hydrogens (tertiary/aromatic N) is 1. The molecule has 0 radical (unpaired) electrons. The van der Waals surface area contributed by atoms with Crippen molar-refractivity contribution >= 4 is 29.5 Å². The summed E-state index contributed by atoms with van der Waals surface area (Å²) < 4.78 is 24.4. The highest BCUT2D eigenvalue weighted by Crippen LogP contribution is 2.27. The quantitative estimate of drug-likeness (QED) is 0.572. The number of carbonyl (C=O) groups excluding carboxylic acids is 1. The zero-order chi connectivity index (χ0) is 10.0. The van der Waals surface area contributed by atoms with Crippen molar-refractivity contribution in [2.75, 3.05) is 0 Å². The molecule has 2 nitrogen and oxygen atoms in total. The maximum Gasteiger partial charge on any atom is 0.281 e. The molecule has 1 rings (SSSR count). The van der Waals surface area contributed by atoms with Gasteiger partial charge < -0.3 is 0 Å². The number of halogens is 4. The number of rotatable bonds is 2. The molecule has 6 heteroatoms. The van der Waals surface area contributed by atoms with Crippen LogP contribution in [-0.2, 0) is 0 Å². The largest absolute Gasteiger partial charge is 0.298 e. The lowest BCUT2D eigenvalue weighted by atomic mass is 10.2. The van der Waals surface area contributed by atoms with Gasteiger partial charge in [0.15, 0.2) is 6.29 Å². The second kappa shape index (κ2) is 3.98. The zero-order valence-electron chi connectivity index (χ0n) is 6.10. The lowest BCUT2D eigenvalue weighted by molar-refractivity contribution is 0.110. The van der Waals surface area contributed by atoms with E-state index in [1.807, 2.05) is 0 Å². The normalized spacial score (nSPS) is 10.5. The Hall–Kier alpha value is -0.740. The first-order valence-electron chi connectivity index (χ1n) is 3.15. The van der Waals surface area contributed by atoms with Gasteiger partial charge in [0.25, 0.3) is 6.43 Å². The van der Waals surface area contributed by atoms with Gasteiger partial charge in [-0.05, 0) is 6.07 Å². The van der Waals surface area contributed by atoms with Crippen LogP contribution in [0.2, 0.25) is 10.2 Å². The van der Waals surface area contributed by atoms with Crippen molar-refractivity contribution in [3.63, 3.8) is 0 Å². The van der Waals surface area contributed by atoms with Crippen LogP contribution in [0.1, 0.15) is 22.5 Å². The fourth-order valence-electron chi connectivity index (χ4n) is 0.763. The molecule has 0 atom stereocenters. The summed E-state index contributed by atoms with van der Waals surface area (Å²) in [6.07, 6.45) is -2.58. The average Bonchev–Trinajstić information content (AvgIpc) is 2.08. The Balaban J connectivity index is 3.32. The standard InChI is InChI=1S/C7H3Cl2F2NO/c8-4-1-3(2-13)5(7(10)11)12-6(4)9/h1-2,7H. The number of aldehydes is 1. The number of hydrogen-bond acceptors (Lipinski definition) is 2. The van der Waals surface area contributed by atoms with E-state index in [0.29, 0.717) is 0 Å².